The zero-order valence-electron chi connectivity index (χ0n) is 7.37. The lowest BCUT2D eigenvalue weighted by molar-refractivity contribution is -0.128. The van der Waals surface area contributed by atoms with E-state index in [4.69, 9.17) is 11.5 Å². The highest BCUT2D eigenvalue weighted by Crippen LogP contribution is 1.92. The lowest BCUT2D eigenvalue weighted by Crippen LogP contribution is -2.44. The maximum atomic E-state index is 10.9. The molecule has 6 heteroatoms. The van der Waals surface area contributed by atoms with Crippen molar-refractivity contribution in [2.75, 3.05) is 6.54 Å². The third kappa shape index (κ3) is 4.91. The summed E-state index contributed by atoms with van der Waals surface area (Å²) in [7, 11) is 0. The molecule has 6 nitrogen and oxygen atoms in total. The zero-order chi connectivity index (χ0) is 10.4. The molecule has 0 radical (unpaired) electrons. The Labute approximate surface area is 75.6 Å². The van der Waals surface area contributed by atoms with Crippen molar-refractivity contribution in [3.8, 4) is 0 Å². The Bertz CT molecular complexity index is 227. The minimum Gasteiger partial charge on any atom is -0.370 e. The van der Waals surface area contributed by atoms with E-state index in [-0.39, 0.29) is 18.7 Å². The van der Waals surface area contributed by atoms with E-state index < -0.39 is 17.9 Å². The second kappa shape index (κ2) is 5.26. The van der Waals surface area contributed by atoms with Crippen LogP contribution in [0, 0.1) is 0 Å². The molecule has 2 amide bonds. The van der Waals surface area contributed by atoms with Crippen molar-refractivity contribution in [2.24, 2.45) is 11.5 Å². The molecular weight excluding hydrogens is 174 g/mol. The third-order valence-corrected chi connectivity index (χ3v) is 1.42. The fourth-order valence-electron chi connectivity index (χ4n) is 0.751. The summed E-state index contributed by atoms with van der Waals surface area (Å²) in [6.45, 7) is 1.05. The number of hydrogen-bond acceptors (Lipinski definition) is 4. The molecule has 74 valence electrons. The van der Waals surface area contributed by atoms with Gasteiger partial charge in [0.15, 0.2) is 5.78 Å². The first-order valence-electron chi connectivity index (χ1n) is 3.75. The highest BCUT2D eigenvalue weighted by molar-refractivity contribution is 5.91. The lowest BCUT2D eigenvalue weighted by Gasteiger charge is -2.12. The van der Waals surface area contributed by atoms with Crippen molar-refractivity contribution < 1.29 is 14.4 Å². The zero-order valence-corrected chi connectivity index (χ0v) is 7.37. The van der Waals surface area contributed by atoms with Gasteiger partial charge in [-0.25, -0.2) is 0 Å². The smallest absolute Gasteiger partial charge is 0.234 e. The molecule has 0 fully saturated rings. The van der Waals surface area contributed by atoms with Crippen LogP contribution >= 0.6 is 0 Å². The molecule has 1 atom stereocenters. The Morgan fingerprint density at radius 3 is 2.23 bits per heavy atom. The first-order valence-corrected chi connectivity index (χ1v) is 3.75. The molecule has 0 aliphatic carbocycles. The predicted octanol–water partition coefficient (Wildman–Crippen LogP) is -2.11. The van der Waals surface area contributed by atoms with Crippen LogP contribution in [0.1, 0.15) is 13.3 Å². The van der Waals surface area contributed by atoms with Gasteiger partial charge in [0.2, 0.25) is 11.8 Å². The van der Waals surface area contributed by atoms with Gasteiger partial charge >= 0.3 is 0 Å². The summed E-state index contributed by atoms with van der Waals surface area (Å²) in [6, 6.07) is -0.853. The second-order valence-corrected chi connectivity index (χ2v) is 2.61. The first kappa shape index (κ1) is 11.6. The fourth-order valence-corrected chi connectivity index (χ4v) is 0.751. The summed E-state index contributed by atoms with van der Waals surface area (Å²) in [5.74, 6) is -1.44. The number of amides is 2. The molecule has 0 saturated heterocycles. The number of carbonyl (C=O) groups is 3. The SMILES string of the molecule is CC(=O)[C@H](CC(N)=O)NC(=O)CN. The van der Waals surface area contributed by atoms with Crippen molar-refractivity contribution in [2.45, 2.75) is 19.4 Å². The van der Waals surface area contributed by atoms with Gasteiger partial charge < -0.3 is 16.8 Å². The molecule has 0 bridgehead atoms. The first-order chi connectivity index (χ1) is 5.97. The number of hydrogen-bond donors (Lipinski definition) is 3. The van der Waals surface area contributed by atoms with Crippen molar-refractivity contribution in [1.29, 1.82) is 0 Å². The number of ketones is 1. The molecule has 0 aliphatic rings. The van der Waals surface area contributed by atoms with Crippen LogP contribution in [0.5, 0.6) is 0 Å². The molecular formula is C7H13N3O3. The average molecular weight is 187 g/mol. The van der Waals surface area contributed by atoms with Gasteiger partial charge in [0.05, 0.1) is 19.0 Å². The van der Waals surface area contributed by atoms with Gasteiger partial charge in [-0.3, -0.25) is 14.4 Å². The highest BCUT2D eigenvalue weighted by atomic mass is 16.2. The van der Waals surface area contributed by atoms with Gasteiger partial charge in [0, 0.05) is 0 Å². The van der Waals surface area contributed by atoms with Gasteiger partial charge in [0.1, 0.15) is 0 Å². The van der Waals surface area contributed by atoms with E-state index in [0.717, 1.165) is 0 Å². The van der Waals surface area contributed by atoms with Gasteiger partial charge in [0.25, 0.3) is 0 Å². The molecule has 13 heavy (non-hydrogen) atoms. The number of nitrogens with one attached hydrogen (secondary N) is 1. The van der Waals surface area contributed by atoms with E-state index in [2.05, 4.69) is 5.32 Å². The fraction of sp³-hybridized carbons (Fsp3) is 0.571. The number of rotatable bonds is 5. The van der Waals surface area contributed by atoms with Crippen LogP contribution in [0.4, 0.5) is 0 Å². The van der Waals surface area contributed by atoms with Gasteiger partial charge in [-0.15, -0.1) is 0 Å². The topological polar surface area (TPSA) is 115 Å². The van der Waals surface area contributed by atoms with Gasteiger partial charge in [-0.05, 0) is 6.92 Å². The van der Waals surface area contributed by atoms with E-state index in [0.29, 0.717) is 0 Å². The number of Topliss-reactive ketones (excluding diaryl/α,β-unsaturated/α-hetero) is 1. The summed E-state index contributed by atoms with van der Waals surface area (Å²) < 4.78 is 0. The average Bonchev–Trinajstić information content (AvgIpc) is 2.02. The van der Waals surface area contributed by atoms with Crippen LogP contribution in [0.3, 0.4) is 0 Å². The maximum absolute atomic E-state index is 10.9. The van der Waals surface area contributed by atoms with Crippen LogP contribution in [0.2, 0.25) is 0 Å². The Balaban J connectivity index is 4.18. The molecule has 0 unspecified atom stereocenters. The van der Waals surface area contributed by atoms with E-state index in [1.54, 1.807) is 0 Å². The quantitative estimate of drug-likeness (QED) is 0.457. The molecule has 0 spiro atoms. The molecule has 0 rings (SSSR count). The normalized spacial score (nSPS) is 11.8. The molecule has 0 aromatic rings. The largest absolute Gasteiger partial charge is 0.370 e. The van der Waals surface area contributed by atoms with E-state index in [9.17, 15) is 14.4 Å². The van der Waals surface area contributed by atoms with Crippen LogP contribution in [0.15, 0.2) is 0 Å². The minimum atomic E-state index is -0.853. The second-order valence-electron chi connectivity index (χ2n) is 2.61. The monoisotopic (exact) mass is 187 g/mol. The summed E-state index contributed by atoms with van der Waals surface area (Å²) in [5.41, 5.74) is 9.89. The van der Waals surface area contributed by atoms with Crippen LogP contribution < -0.4 is 16.8 Å². The van der Waals surface area contributed by atoms with Crippen molar-refractivity contribution in [3.63, 3.8) is 0 Å². The summed E-state index contributed by atoms with van der Waals surface area (Å²) in [4.78, 5) is 32.1. The molecule has 0 aliphatic heterocycles. The Morgan fingerprint density at radius 1 is 1.38 bits per heavy atom. The minimum absolute atomic E-state index is 0.193. The van der Waals surface area contributed by atoms with E-state index in [1.165, 1.54) is 6.92 Å². The Kier molecular flexibility index (Phi) is 4.68. The number of primary amides is 1. The van der Waals surface area contributed by atoms with Crippen LogP contribution in [0.25, 0.3) is 0 Å². The summed E-state index contributed by atoms with van der Waals surface area (Å²) >= 11 is 0. The number of nitrogens with two attached hydrogens (primary N) is 2. The van der Waals surface area contributed by atoms with Crippen molar-refractivity contribution >= 4 is 17.6 Å². The highest BCUT2D eigenvalue weighted by Gasteiger charge is 2.18. The van der Waals surface area contributed by atoms with Crippen molar-refractivity contribution in [1.82, 2.24) is 5.32 Å². The van der Waals surface area contributed by atoms with Crippen molar-refractivity contribution in [3.05, 3.63) is 0 Å². The summed E-state index contributed by atoms with van der Waals surface area (Å²) in [5, 5.41) is 2.28. The molecule has 0 heterocycles. The van der Waals surface area contributed by atoms with Crippen LogP contribution in [-0.4, -0.2) is 30.2 Å². The van der Waals surface area contributed by atoms with Crippen LogP contribution in [-0.2, 0) is 14.4 Å². The Hall–Kier alpha value is -1.43. The standard InChI is InChI=1S/C7H13N3O3/c1-4(11)5(2-6(9)12)10-7(13)3-8/h5H,2-3,8H2,1H3,(H2,9,12)(H,10,13)/t5-/m0/s1. The molecule has 5 N–H and O–H groups in total. The van der Waals surface area contributed by atoms with Gasteiger partial charge in [-0.1, -0.05) is 0 Å². The van der Waals surface area contributed by atoms with E-state index >= 15 is 0 Å². The molecule has 0 aromatic heterocycles. The number of carbonyl (C=O) groups excluding carboxylic acids is 3. The maximum Gasteiger partial charge on any atom is 0.234 e. The Morgan fingerprint density at radius 2 is 1.92 bits per heavy atom. The predicted molar refractivity (Wildman–Crippen MR) is 45.5 cm³/mol. The summed E-state index contributed by atoms with van der Waals surface area (Å²) in [6.07, 6.45) is -0.193. The van der Waals surface area contributed by atoms with Gasteiger partial charge in [-0.2, -0.15) is 0 Å². The van der Waals surface area contributed by atoms with E-state index in [1.807, 2.05) is 0 Å². The lowest BCUT2D eigenvalue weighted by atomic mass is 10.1. The molecule has 0 aromatic carbocycles. The third-order valence-electron chi connectivity index (χ3n) is 1.42. The molecule has 0 saturated carbocycles.